The maximum absolute atomic E-state index is 3.23. The van der Waals surface area contributed by atoms with E-state index in [-0.39, 0.29) is 0 Å². The van der Waals surface area contributed by atoms with Gasteiger partial charge in [-0.05, 0) is 31.8 Å². The molecule has 0 saturated carbocycles. The molecular weight excluding hydrogens is 168 g/mol. The zero-order valence-corrected chi connectivity index (χ0v) is 8.52. The van der Waals surface area contributed by atoms with Gasteiger partial charge in [-0.25, -0.2) is 0 Å². The van der Waals surface area contributed by atoms with Crippen LogP contribution in [0.3, 0.4) is 0 Å². The van der Waals surface area contributed by atoms with Gasteiger partial charge in [0.1, 0.15) is 0 Å². The number of rotatable bonds is 0. The molecule has 0 aromatic carbocycles. The molecule has 1 aliphatic carbocycles. The predicted molar refractivity (Wildman–Crippen MR) is 62.8 cm³/mol. The van der Waals surface area contributed by atoms with Crippen molar-refractivity contribution >= 4 is 0 Å². The van der Waals surface area contributed by atoms with Crippen LogP contribution in [0.5, 0.6) is 0 Å². The molecule has 1 aliphatic rings. The SMILES string of the molecule is [C]1=C/C/C=C/C=C\C=C\CC/C=C/C/1. The highest BCUT2D eigenvalue weighted by molar-refractivity contribution is 5.12. The Morgan fingerprint density at radius 2 is 1.50 bits per heavy atom. The summed E-state index contributed by atoms with van der Waals surface area (Å²) in [5, 5.41) is 0. The van der Waals surface area contributed by atoms with Gasteiger partial charge in [0.05, 0.1) is 0 Å². The van der Waals surface area contributed by atoms with Crippen molar-refractivity contribution in [2.24, 2.45) is 0 Å². The normalized spacial score (nSPS) is 29.7. The van der Waals surface area contributed by atoms with Crippen molar-refractivity contribution in [2.75, 3.05) is 0 Å². The monoisotopic (exact) mass is 185 g/mol. The van der Waals surface area contributed by atoms with Crippen LogP contribution in [0.4, 0.5) is 0 Å². The molecule has 0 spiro atoms. The van der Waals surface area contributed by atoms with Gasteiger partial charge in [0.2, 0.25) is 0 Å². The zero-order valence-electron chi connectivity index (χ0n) is 8.52. The lowest BCUT2D eigenvalue weighted by molar-refractivity contribution is 1.04. The zero-order chi connectivity index (χ0) is 9.90. The molecule has 0 aliphatic heterocycles. The molecule has 0 aromatic heterocycles. The van der Waals surface area contributed by atoms with Crippen LogP contribution in [-0.2, 0) is 0 Å². The highest BCUT2D eigenvalue weighted by Crippen LogP contribution is 1.97. The van der Waals surface area contributed by atoms with Gasteiger partial charge in [0.15, 0.2) is 0 Å². The molecule has 0 aromatic rings. The lowest BCUT2D eigenvalue weighted by Gasteiger charge is -1.87. The second-order valence-corrected chi connectivity index (χ2v) is 3.14. The van der Waals surface area contributed by atoms with Crippen molar-refractivity contribution < 1.29 is 0 Å². The van der Waals surface area contributed by atoms with E-state index in [2.05, 4.69) is 60.8 Å². The Hall–Kier alpha value is -1.30. The fourth-order valence-electron chi connectivity index (χ4n) is 1.16. The van der Waals surface area contributed by atoms with Crippen LogP contribution in [0, 0.1) is 6.08 Å². The van der Waals surface area contributed by atoms with E-state index < -0.39 is 0 Å². The van der Waals surface area contributed by atoms with Crippen LogP contribution in [0.25, 0.3) is 0 Å². The third-order valence-corrected chi connectivity index (χ3v) is 1.91. The first-order chi connectivity index (χ1) is 7.00. The Labute approximate surface area is 87.0 Å². The first-order valence-electron chi connectivity index (χ1n) is 5.18. The molecule has 0 atom stereocenters. The van der Waals surface area contributed by atoms with E-state index in [0.29, 0.717) is 0 Å². The molecule has 1 radical (unpaired) electrons. The summed E-state index contributed by atoms with van der Waals surface area (Å²) >= 11 is 0. The van der Waals surface area contributed by atoms with Crippen molar-refractivity contribution in [3.8, 4) is 0 Å². The molecule has 73 valence electrons. The quantitative estimate of drug-likeness (QED) is 0.497. The minimum atomic E-state index is 0.938. The minimum Gasteiger partial charge on any atom is -0.0879 e. The van der Waals surface area contributed by atoms with Gasteiger partial charge >= 0.3 is 0 Å². The van der Waals surface area contributed by atoms with E-state index >= 15 is 0 Å². The van der Waals surface area contributed by atoms with Crippen molar-refractivity contribution in [1.82, 2.24) is 0 Å². The molecule has 1 rings (SSSR count). The number of allylic oxidation sites excluding steroid dienone is 10. The maximum atomic E-state index is 3.23. The van der Waals surface area contributed by atoms with Gasteiger partial charge in [-0.2, -0.15) is 0 Å². The van der Waals surface area contributed by atoms with Gasteiger partial charge in [0, 0.05) is 0 Å². The minimum absolute atomic E-state index is 0.938. The lowest BCUT2D eigenvalue weighted by atomic mass is 10.2. The summed E-state index contributed by atoms with van der Waals surface area (Å²) in [6.07, 6.45) is 26.5. The van der Waals surface area contributed by atoms with Crippen LogP contribution in [0.15, 0.2) is 54.7 Å². The summed E-state index contributed by atoms with van der Waals surface area (Å²) in [6.45, 7) is 0. The van der Waals surface area contributed by atoms with Crippen LogP contribution in [0.1, 0.15) is 25.7 Å². The van der Waals surface area contributed by atoms with E-state index in [0.717, 1.165) is 25.7 Å². The molecule has 14 heavy (non-hydrogen) atoms. The van der Waals surface area contributed by atoms with Crippen LogP contribution >= 0.6 is 0 Å². The molecule has 0 unspecified atom stereocenters. The molecule has 0 amide bonds. The smallest absolute Gasteiger partial charge is 0.00978 e. The maximum Gasteiger partial charge on any atom is -0.00978 e. The molecule has 0 saturated heterocycles. The Bertz CT molecular complexity index is 262. The molecule has 0 nitrogen and oxygen atoms in total. The standard InChI is InChI=1S/C14H17/c1-2-4-6-8-10-12-14-13-11-9-7-5-3-1/h1-6,9,12,14H,7-8,10,13H2/b2-1-,5-3+,6-4+,11-9?,14-12+. The van der Waals surface area contributed by atoms with Crippen molar-refractivity contribution in [2.45, 2.75) is 25.7 Å². The van der Waals surface area contributed by atoms with E-state index in [4.69, 9.17) is 0 Å². The van der Waals surface area contributed by atoms with Crippen molar-refractivity contribution in [1.29, 1.82) is 0 Å². The molecular formula is C14H17. The summed E-state index contributed by atoms with van der Waals surface area (Å²) in [7, 11) is 0. The summed E-state index contributed by atoms with van der Waals surface area (Å²) in [4.78, 5) is 0. The lowest BCUT2D eigenvalue weighted by Crippen LogP contribution is -1.67. The summed E-state index contributed by atoms with van der Waals surface area (Å²) in [6, 6.07) is 0. The largest absolute Gasteiger partial charge is 0.0879 e. The number of hydrogen-bond acceptors (Lipinski definition) is 0. The van der Waals surface area contributed by atoms with Crippen LogP contribution < -0.4 is 0 Å². The highest BCUT2D eigenvalue weighted by Gasteiger charge is 1.77. The Balaban J connectivity index is 2.45. The topological polar surface area (TPSA) is 0 Å². The van der Waals surface area contributed by atoms with Crippen molar-refractivity contribution in [3.05, 3.63) is 60.8 Å². The van der Waals surface area contributed by atoms with E-state index in [1.54, 1.807) is 0 Å². The van der Waals surface area contributed by atoms with Gasteiger partial charge < -0.3 is 0 Å². The van der Waals surface area contributed by atoms with E-state index in [9.17, 15) is 0 Å². The molecule has 0 N–H and O–H groups in total. The van der Waals surface area contributed by atoms with Gasteiger partial charge in [0.25, 0.3) is 0 Å². The fourth-order valence-corrected chi connectivity index (χ4v) is 1.16. The summed E-state index contributed by atoms with van der Waals surface area (Å²) < 4.78 is 0. The average Bonchev–Trinajstić information content (AvgIpc) is 2.22. The average molecular weight is 185 g/mol. The van der Waals surface area contributed by atoms with Crippen LogP contribution in [-0.4, -0.2) is 0 Å². The van der Waals surface area contributed by atoms with E-state index in [1.807, 2.05) is 0 Å². The molecule has 0 fully saturated rings. The Kier molecular flexibility index (Phi) is 6.39. The molecule has 0 heterocycles. The van der Waals surface area contributed by atoms with Gasteiger partial charge in [-0.1, -0.05) is 54.7 Å². The Morgan fingerprint density at radius 3 is 2.43 bits per heavy atom. The second kappa shape index (κ2) is 8.31. The molecule has 0 bridgehead atoms. The van der Waals surface area contributed by atoms with E-state index in [1.165, 1.54) is 0 Å². The van der Waals surface area contributed by atoms with Crippen molar-refractivity contribution in [3.63, 3.8) is 0 Å². The number of hydrogen-bond donors (Lipinski definition) is 0. The third kappa shape index (κ3) is 6.24. The summed E-state index contributed by atoms with van der Waals surface area (Å²) in [5.74, 6) is 0. The highest BCUT2D eigenvalue weighted by atomic mass is 13.8. The second-order valence-electron chi connectivity index (χ2n) is 3.14. The first-order valence-corrected chi connectivity index (χ1v) is 5.18. The van der Waals surface area contributed by atoms with Gasteiger partial charge in [-0.15, -0.1) is 0 Å². The first kappa shape index (κ1) is 10.8. The third-order valence-electron chi connectivity index (χ3n) is 1.91. The molecule has 0 heteroatoms. The Morgan fingerprint density at radius 1 is 0.714 bits per heavy atom. The predicted octanol–water partition coefficient (Wildman–Crippen LogP) is 4.14. The summed E-state index contributed by atoms with van der Waals surface area (Å²) in [5.41, 5.74) is 0. The van der Waals surface area contributed by atoms with Gasteiger partial charge in [-0.3, -0.25) is 0 Å². The fraction of sp³-hybridized carbons (Fsp3) is 0.286. The van der Waals surface area contributed by atoms with Crippen LogP contribution in [0.2, 0.25) is 0 Å².